The standard InChI is InChI=1S/C13H7F4NO3/c14-9-2-1-3-10(7-9)21-12-5-4-8(13(15,16)17)6-11(12)18(19)20/h1-7H. The molecule has 0 bridgehead atoms. The normalized spacial score (nSPS) is 11.2. The van der Waals surface area contributed by atoms with Crippen LogP contribution in [-0.2, 0) is 6.18 Å². The van der Waals surface area contributed by atoms with Gasteiger partial charge in [-0.2, -0.15) is 13.2 Å². The molecule has 0 aliphatic carbocycles. The molecule has 0 amide bonds. The average Bonchev–Trinajstić information content (AvgIpc) is 2.37. The van der Waals surface area contributed by atoms with Gasteiger partial charge in [0, 0.05) is 12.1 Å². The van der Waals surface area contributed by atoms with Crippen molar-refractivity contribution in [2.24, 2.45) is 0 Å². The minimum atomic E-state index is -4.71. The lowest BCUT2D eigenvalue weighted by atomic mass is 10.2. The lowest BCUT2D eigenvalue weighted by molar-refractivity contribution is -0.385. The van der Waals surface area contributed by atoms with E-state index in [-0.39, 0.29) is 5.75 Å². The van der Waals surface area contributed by atoms with Crippen molar-refractivity contribution in [1.29, 1.82) is 0 Å². The monoisotopic (exact) mass is 301 g/mol. The van der Waals surface area contributed by atoms with E-state index in [9.17, 15) is 27.7 Å². The van der Waals surface area contributed by atoms with Gasteiger partial charge in [-0.1, -0.05) is 6.07 Å². The molecule has 0 heterocycles. The first-order chi connectivity index (χ1) is 9.77. The lowest BCUT2D eigenvalue weighted by Crippen LogP contribution is -2.06. The highest BCUT2D eigenvalue weighted by Gasteiger charge is 2.33. The molecule has 0 atom stereocenters. The molecule has 2 aromatic rings. The summed E-state index contributed by atoms with van der Waals surface area (Å²) in [4.78, 5) is 9.85. The van der Waals surface area contributed by atoms with Gasteiger partial charge in [0.25, 0.3) is 0 Å². The molecular formula is C13H7F4NO3. The van der Waals surface area contributed by atoms with E-state index in [4.69, 9.17) is 4.74 Å². The highest BCUT2D eigenvalue weighted by atomic mass is 19.4. The molecule has 0 saturated heterocycles. The Morgan fingerprint density at radius 2 is 1.81 bits per heavy atom. The number of hydrogen-bond acceptors (Lipinski definition) is 3. The smallest absolute Gasteiger partial charge is 0.416 e. The highest BCUT2D eigenvalue weighted by Crippen LogP contribution is 2.37. The Labute approximate surface area is 115 Å². The van der Waals surface area contributed by atoms with Gasteiger partial charge >= 0.3 is 11.9 Å². The molecule has 2 aromatic carbocycles. The number of hydrogen-bond donors (Lipinski definition) is 0. The maximum absolute atomic E-state index is 13.0. The zero-order valence-electron chi connectivity index (χ0n) is 10.2. The maximum Gasteiger partial charge on any atom is 0.416 e. The van der Waals surface area contributed by atoms with Crippen LogP contribution in [0.3, 0.4) is 0 Å². The number of benzene rings is 2. The Hall–Kier alpha value is -2.64. The molecule has 8 heteroatoms. The summed E-state index contributed by atoms with van der Waals surface area (Å²) in [5.74, 6) is -1.10. The largest absolute Gasteiger partial charge is 0.450 e. The molecule has 4 nitrogen and oxygen atoms in total. The molecule has 21 heavy (non-hydrogen) atoms. The minimum absolute atomic E-state index is 0.0575. The number of ether oxygens (including phenoxy) is 1. The average molecular weight is 301 g/mol. The van der Waals surface area contributed by atoms with Gasteiger partial charge in [0.05, 0.1) is 10.5 Å². The Morgan fingerprint density at radius 1 is 1.10 bits per heavy atom. The molecule has 0 N–H and O–H groups in total. The number of alkyl halides is 3. The van der Waals surface area contributed by atoms with Crippen LogP contribution in [0.4, 0.5) is 23.2 Å². The van der Waals surface area contributed by atoms with Crippen LogP contribution < -0.4 is 4.74 Å². The van der Waals surface area contributed by atoms with Crippen molar-refractivity contribution in [1.82, 2.24) is 0 Å². The van der Waals surface area contributed by atoms with Gasteiger partial charge in [0.2, 0.25) is 5.75 Å². The second-order valence-electron chi connectivity index (χ2n) is 4.00. The van der Waals surface area contributed by atoms with Crippen LogP contribution in [0.1, 0.15) is 5.56 Å². The molecule has 0 aromatic heterocycles. The summed E-state index contributed by atoms with van der Waals surface area (Å²) in [6.07, 6.45) is -4.71. The van der Waals surface area contributed by atoms with Gasteiger partial charge in [-0.05, 0) is 24.3 Å². The molecule has 0 aliphatic rings. The van der Waals surface area contributed by atoms with E-state index < -0.39 is 33.9 Å². The fourth-order valence-electron chi connectivity index (χ4n) is 1.58. The predicted octanol–water partition coefficient (Wildman–Crippen LogP) is 4.55. The van der Waals surface area contributed by atoms with Gasteiger partial charge in [0.1, 0.15) is 11.6 Å². The summed E-state index contributed by atoms with van der Waals surface area (Å²) >= 11 is 0. The van der Waals surface area contributed by atoms with E-state index in [0.29, 0.717) is 12.1 Å². The molecule has 0 aliphatic heterocycles. The maximum atomic E-state index is 13.0. The van der Waals surface area contributed by atoms with Crippen LogP contribution in [0, 0.1) is 15.9 Å². The quantitative estimate of drug-likeness (QED) is 0.475. The van der Waals surface area contributed by atoms with E-state index in [1.807, 2.05) is 0 Å². The van der Waals surface area contributed by atoms with Crippen molar-refractivity contribution >= 4 is 5.69 Å². The van der Waals surface area contributed by atoms with Crippen molar-refractivity contribution < 1.29 is 27.2 Å². The van der Waals surface area contributed by atoms with Crippen molar-refractivity contribution in [3.8, 4) is 11.5 Å². The van der Waals surface area contributed by atoms with Crippen LogP contribution in [0.2, 0.25) is 0 Å². The van der Waals surface area contributed by atoms with Crippen LogP contribution in [0.5, 0.6) is 11.5 Å². The van der Waals surface area contributed by atoms with Crippen molar-refractivity contribution in [3.05, 3.63) is 64.0 Å². The second-order valence-corrected chi connectivity index (χ2v) is 4.00. The summed E-state index contributed by atoms with van der Waals surface area (Å²) in [5, 5.41) is 10.8. The van der Waals surface area contributed by atoms with Crippen LogP contribution >= 0.6 is 0 Å². The lowest BCUT2D eigenvalue weighted by Gasteiger charge is -2.10. The highest BCUT2D eigenvalue weighted by molar-refractivity contribution is 5.51. The topological polar surface area (TPSA) is 52.4 Å². The number of nitro groups is 1. The molecular weight excluding hydrogens is 294 g/mol. The first-order valence-corrected chi connectivity index (χ1v) is 5.56. The molecule has 0 saturated carbocycles. The summed E-state index contributed by atoms with van der Waals surface area (Å²) in [6, 6.07) is 6.57. The molecule has 2 rings (SSSR count). The van der Waals surface area contributed by atoms with Crippen molar-refractivity contribution in [2.75, 3.05) is 0 Å². The SMILES string of the molecule is O=[N+]([O-])c1cc(C(F)(F)F)ccc1Oc1cccc(F)c1. The van der Waals surface area contributed by atoms with Crippen LogP contribution in [-0.4, -0.2) is 4.92 Å². The zero-order valence-corrected chi connectivity index (χ0v) is 10.2. The summed E-state index contributed by atoms with van der Waals surface area (Å²) in [5.41, 5.74) is -2.02. The zero-order chi connectivity index (χ0) is 15.6. The third-order valence-corrected chi connectivity index (χ3v) is 2.51. The van der Waals surface area contributed by atoms with E-state index in [2.05, 4.69) is 0 Å². The Morgan fingerprint density at radius 3 is 2.38 bits per heavy atom. The summed E-state index contributed by atoms with van der Waals surface area (Å²) < 4.78 is 55.6. The van der Waals surface area contributed by atoms with E-state index >= 15 is 0 Å². The third kappa shape index (κ3) is 3.47. The van der Waals surface area contributed by atoms with E-state index in [0.717, 1.165) is 18.2 Å². The summed E-state index contributed by atoms with van der Waals surface area (Å²) in [7, 11) is 0. The first kappa shape index (κ1) is 14.8. The number of halogens is 4. The van der Waals surface area contributed by atoms with Gasteiger partial charge < -0.3 is 4.74 Å². The molecule has 110 valence electrons. The fraction of sp³-hybridized carbons (Fsp3) is 0.0769. The van der Waals surface area contributed by atoms with Crippen molar-refractivity contribution in [3.63, 3.8) is 0 Å². The number of nitro benzene ring substituents is 1. The van der Waals surface area contributed by atoms with Crippen LogP contribution in [0.25, 0.3) is 0 Å². The molecule has 0 unspecified atom stereocenters. The van der Waals surface area contributed by atoms with E-state index in [1.165, 1.54) is 12.1 Å². The Kier molecular flexibility index (Phi) is 3.79. The minimum Gasteiger partial charge on any atom is -0.450 e. The summed E-state index contributed by atoms with van der Waals surface area (Å²) in [6.45, 7) is 0. The van der Waals surface area contributed by atoms with Gasteiger partial charge in [-0.25, -0.2) is 4.39 Å². The fourth-order valence-corrected chi connectivity index (χ4v) is 1.58. The van der Waals surface area contributed by atoms with Crippen molar-refractivity contribution in [2.45, 2.75) is 6.18 Å². The predicted molar refractivity (Wildman–Crippen MR) is 64.6 cm³/mol. The number of nitrogens with zero attached hydrogens (tertiary/aromatic N) is 1. The Balaban J connectivity index is 2.42. The van der Waals surface area contributed by atoms with Gasteiger partial charge in [0.15, 0.2) is 0 Å². The first-order valence-electron chi connectivity index (χ1n) is 5.56. The Bertz CT molecular complexity index is 685. The second kappa shape index (κ2) is 5.39. The molecule has 0 spiro atoms. The van der Waals surface area contributed by atoms with Gasteiger partial charge in [-0.15, -0.1) is 0 Å². The van der Waals surface area contributed by atoms with Gasteiger partial charge in [-0.3, -0.25) is 10.1 Å². The third-order valence-electron chi connectivity index (χ3n) is 2.51. The molecule has 0 radical (unpaired) electrons. The van der Waals surface area contributed by atoms with Crippen LogP contribution in [0.15, 0.2) is 42.5 Å². The van der Waals surface area contributed by atoms with E-state index in [1.54, 1.807) is 0 Å². The molecule has 0 fully saturated rings. The number of rotatable bonds is 3.